The smallest absolute Gasteiger partial charge is 0.248 e. The lowest BCUT2D eigenvalue weighted by molar-refractivity contribution is -0.111. The van der Waals surface area contributed by atoms with Gasteiger partial charge in [0.25, 0.3) is 0 Å². The second-order valence-electron chi connectivity index (χ2n) is 7.66. The van der Waals surface area contributed by atoms with Gasteiger partial charge in [-0.3, -0.25) is 4.79 Å². The molecule has 1 aromatic carbocycles. The number of nitrogens with zero attached hydrogens (tertiary/aromatic N) is 4. The zero-order chi connectivity index (χ0) is 23.5. The topological polar surface area (TPSA) is 97.7 Å². The summed E-state index contributed by atoms with van der Waals surface area (Å²) in [6.07, 6.45) is 6.64. The molecule has 0 aliphatic rings. The van der Waals surface area contributed by atoms with Crippen LogP contribution in [0.1, 0.15) is 5.56 Å². The summed E-state index contributed by atoms with van der Waals surface area (Å²) in [6.45, 7) is 4.06. The maximum atomic E-state index is 12.0. The lowest BCUT2D eigenvalue weighted by Crippen LogP contribution is -2.13. The number of anilines is 1. The molecular weight excluding hydrogens is 428 g/mol. The molecule has 0 aliphatic carbocycles. The van der Waals surface area contributed by atoms with Gasteiger partial charge in [0.1, 0.15) is 11.5 Å². The number of carbonyl (C=O) groups is 1. The minimum Gasteiger partial charge on any atom is -0.481 e. The van der Waals surface area contributed by atoms with Crippen molar-refractivity contribution in [3.63, 3.8) is 0 Å². The Morgan fingerprint density at radius 2 is 2.00 bits per heavy atom. The van der Waals surface area contributed by atoms with Crippen LogP contribution in [-0.4, -0.2) is 37.7 Å². The summed E-state index contributed by atoms with van der Waals surface area (Å²) in [5, 5.41) is 8.56. The van der Waals surface area contributed by atoms with Gasteiger partial charge in [-0.25, -0.2) is 14.6 Å². The molecule has 0 saturated heterocycles. The molecule has 8 nitrogen and oxygen atoms in total. The molecule has 5 aromatic rings. The molecule has 0 bridgehead atoms. The summed E-state index contributed by atoms with van der Waals surface area (Å²) in [7, 11) is 1.59. The number of carbonyl (C=O) groups excluding carboxylic acids is 1. The van der Waals surface area contributed by atoms with Crippen molar-refractivity contribution in [2.24, 2.45) is 0 Å². The third-order valence-corrected chi connectivity index (χ3v) is 5.47. The Hall–Kier alpha value is -4.72. The van der Waals surface area contributed by atoms with Crippen molar-refractivity contribution < 1.29 is 9.53 Å². The van der Waals surface area contributed by atoms with Crippen LogP contribution in [0, 0.1) is 0 Å². The van der Waals surface area contributed by atoms with E-state index in [2.05, 4.69) is 26.8 Å². The summed E-state index contributed by atoms with van der Waals surface area (Å²) < 4.78 is 7.04. The van der Waals surface area contributed by atoms with E-state index in [9.17, 15) is 4.79 Å². The average molecular weight is 451 g/mol. The number of hydrogen-bond donors (Lipinski definition) is 2. The number of fused-ring (bicyclic) bond motifs is 1. The predicted molar refractivity (Wildman–Crippen MR) is 131 cm³/mol. The van der Waals surface area contributed by atoms with Gasteiger partial charge in [0, 0.05) is 47.2 Å². The third-order valence-electron chi connectivity index (χ3n) is 5.47. The molecule has 0 radical (unpaired) electrons. The summed E-state index contributed by atoms with van der Waals surface area (Å²) in [5.74, 6) is 0.823. The molecule has 4 heterocycles. The first kappa shape index (κ1) is 21.1. The van der Waals surface area contributed by atoms with E-state index in [0.29, 0.717) is 23.9 Å². The van der Waals surface area contributed by atoms with Gasteiger partial charge in [-0.2, -0.15) is 5.10 Å². The highest BCUT2D eigenvalue weighted by atomic mass is 16.5. The largest absolute Gasteiger partial charge is 0.481 e. The van der Waals surface area contributed by atoms with Crippen LogP contribution in [0.25, 0.3) is 33.4 Å². The lowest BCUT2D eigenvalue weighted by Gasteiger charge is -2.07. The molecule has 0 aliphatic heterocycles. The summed E-state index contributed by atoms with van der Waals surface area (Å²) >= 11 is 0. The number of hydrogen-bond acceptors (Lipinski definition) is 5. The third kappa shape index (κ3) is 4.16. The van der Waals surface area contributed by atoms with Gasteiger partial charge in [-0.05, 0) is 29.3 Å². The van der Waals surface area contributed by atoms with Gasteiger partial charge < -0.3 is 15.0 Å². The molecule has 168 valence electrons. The van der Waals surface area contributed by atoms with Crippen LogP contribution in [0.2, 0.25) is 0 Å². The van der Waals surface area contributed by atoms with E-state index in [0.717, 1.165) is 33.3 Å². The molecule has 0 fully saturated rings. The van der Waals surface area contributed by atoms with E-state index in [1.54, 1.807) is 24.2 Å². The normalized spacial score (nSPS) is 10.9. The van der Waals surface area contributed by atoms with Crippen molar-refractivity contribution >= 4 is 22.8 Å². The van der Waals surface area contributed by atoms with Crippen molar-refractivity contribution in [2.75, 3.05) is 12.4 Å². The highest BCUT2D eigenvalue weighted by Crippen LogP contribution is 2.32. The van der Waals surface area contributed by atoms with Crippen LogP contribution in [0.3, 0.4) is 0 Å². The summed E-state index contributed by atoms with van der Waals surface area (Å²) in [4.78, 5) is 24.0. The standard InChI is InChI=1S/C26H22N6O2/c1-3-24(33)30-23-13-22(31-32(23)16-17-7-5-4-6-8-17)19-11-20-21(15-29-26(20)28-14-19)18-9-10-27-25(12-18)34-2/h3-15H,1,16H2,2H3,(H,28,29)(H,30,33). The van der Waals surface area contributed by atoms with Crippen LogP contribution in [0.5, 0.6) is 5.88 Å². The maximum Gasteiger partial charge on any atom is 0.248 e. The highest BCUT2D eigenvalue weighted by Gasteiger charge is 2.15. The molecule has 0 unspecified atom stereocenters. The molecule has 2 N–H and O–H groups in total. The Morgan fingerprint density at radius 3 is 2.79 bits per heavy atom. The first-order valence-corrected chi connectivity index (χ1v) is 10.7. The van der Waals surface area contributed by atoms with Crippen molar-refractivity contribution in [3.8, 4) is 28.3 Å². The van der Waals surface area contributed by atoms with E-state index in [4.69, 9.17) is 9.84 Å². The Morgan fingerprint density at radius 1 is 1.15 bits per heavy atom. The van der Waals surface area contributed by atoms with Gasteiger partial charge in [0.15, 0.2) is 0 Å². The fraction of sp³-hybridized carbons (Fsp3) is 0.0769. The van der Waals surface area contributed by atoms with E-state index in [-0.39, 0.29) is 5.91 Å². The van der Waals surface area contributed by atoms with Crippen LogP contribution < -0.4 is 10.1 Å². The number of benzene rings is 1. The van der Waals surface area contributed by atoms with E-state index in [1.165, 1.54) is 6.08 Å². The summed E-state index contributed by atoms with van der Waals surface area (Å²) in [6, 6.07) is 17.6. The van der Waals surface area contributed by atoms with E-state index >= 15 is 0 Å². The second kappa shape index (κ2) is 9.03. The van der Waals surface area contributed by atoms with E-state index in [1.807, 2.05) is 60.8 Å². The Balaban J connectivity index is 1.56. The molecule has 4 aromatic heterocycles. The van der Waals surface area contributed by atoms with Crippen LogP contribution >= 0.6 is 0 Å². The quantitative estimate of drug-likeness (QED) is 0.351. The Kier molecular flexibility index (Phi) is 5.61. The Labute approximate surface area is 196 Å². The number of methoxy groups -OCH3 is 1. The average Bonchev–Trinajstić information content (AvgIpc) is 3.48. The van der Waals surface area contributed by atoms with Crippen molar-refractivity contribution in [3.05, 3.63) is 91.4 Å². The molecule has 1 amide bonds. The molecule has 0 atom stereocenters. The van der Waals surface area contributed by atoms with Crippen LogP contribution in [0.4, 0.5) is 5.82 Å². The highest BCUT2D eigenvalue weighted by molar-refractivity contribution is 5.99. The van der Waals surface area contributed by atoms with Crippen molar-refractivity contribution in [2.45, 2.75) is 6.54 Å². The zero-order valence-electron chi connectivity index (χ0n) is 18.5. The number of amides is 1. The fourth-order valence-corrected chi connectivity index (χ4v) is 3.78. The van der Waals surface area contributed by atoms with Gasteiger partial charge in [0.2, 0.25) is 11.8 Å². The number of aromatic nitrogens is 5. The monoisotopic (exact) mass is 450 g/mol. The number of aromatic amines is 1. The van der Waals surface area contributed by atoms with E-state index < -0.39 is 0 Å². The van der Waals surface area contributed by atoms with Crippen LogP contribution in [-0.2, 0) is 11.3 Å². The summed E-state index contributed by atoms with van der Waals surface area (Å²) in [5.41, 5.74) is 5.30. The molecule has 0 saturated carbocycles. The number of rotatable bonds is 7. The fourth-order valence-electron chi connectivity index (χ4n) is 3.78. The first-order valence-electron chi connectivity index (χ1n) is 10.7. The molecular formula is C26H22N6O2. The molecule has 8 heteroatoms. The second-order valence-corrected chi connectivity index (χ2v) is 7.66. The molecule has 34 heavy (non-hydrogen) atoms. The SMILES string of the molecule is C=CC(=O)Nc1cc(-c2cnc3[nH]cc(-c4ccnc(OC)c4)c3c2)nn1Cc1ccccc1. The Bertz CT molecular complexity index is 1490. The number of nitrogens with one attached hydrogen (secondary N) is 2. The van der Waals surface area contributed by atoms with Crippen molar-refractivity contribution in [1.29, 1.82) is 0 Å². The van der Waals surface area contributed by atoms with Gasteiger partial charge in [-0.1, -0.05) is 36.9 Å². The first-order chi connectivity index (χ1) is 16.6. The predicted octanol–water partition coefficient (Wildman–Crippen LogP) is 4.67. The minimum absolute atomic E-state index is 0.297. The zero-order valence-corrected chi connectivity index (χ0v) is 18.5. The number of ether oxygens (including phenoxy) is 1. The molecule has 0 spiro atoms. The maximum absolute atomic E-state index is 12.0. The van der Waals surface area contributed by atoms with Gasteiger partial charge in [-0.15, -0.1) is 0 Å². The van der Waals surface area contributed by atoms with Crippen LogP contribution in [0.15, 0.2) is 85.8 Å². The number of pyridine rings is 2. The van der Waals surface area contributed by atoms with Gasteiger partial charge in [0.05, 0.1) is 19.3 Å². The van der Waals surface area contributed by atoms with Crippen molar-refractivity contribution in [1.82, 2.24) is 24.7 Å². The minimum atomic E-state index is -0.297. The molecule has 5 rings (SSSR count). The lowest BCUT2D eigenvalue weighted by atomic mass is 10.1. The number of H-pyrrole nitrogens is 1. The van der Waals surface area contributed by atoms with Gasteiger partial charge >= 0.3 is 0 Å².